The smallest absolute Gasteiger partial charge is 0.410 e. The molecule has 0 bridgehead atoms. The number of ether oxygens (including phenoxy) is 1. The number of nitrogens with one attached hydrogen (secondary N) is 1. The van der Waals surface area contributed by atoms with Crippen LogP contribution in [0.4, 0.5) is 4.79 Å². The number of rotatable bonds is 5. The first-order valence-corrected chi connectivity index (χ1v) is 16.5. The van der Waals surface area contributed by atoms with Gasteiger partial charge in [0, 0.05) is 48.3 Å². The van der Waals surface area contributed by atoms with Crippen LogP contribution < -0.4 is 5.32 Å². The van der Waals surface area contributed by atoms with Crippen molar-refractivity contribution in [2.45, 2.75) is 98.3 Å². The minimum absolute atomic E-state index is 0.166. The van der Waals surface area contributed by atoms with E-state index in [-0.39, 0.29) is 5.91 Å². The molecule has 3 heterocycles. The minimum Gasteiger partial charge on any atom is -0.444 e. The fourth-order valence-corrected chi connectivity index (χ4v) is 6.07. The van der Waals surface area contributed by atoms with Gasteiger partial charge in [0.25, 0.3) is 0 Å². The SMILES string of the molecule is CCC.Cc1ccc2c(c1)CCc1cc(Br)cnc1/C2=C1\CCN(C(=O)OC(C)(C)C)C(C(=O)NCCCn2ccnc2)C1. The fraction of sp³-hybridized carbons (Fsp3) is 0.486. The van der Waals surface area contributed by atoms with Crippen LogP contribution in [0.1, 0.15) is 88.2 Å². The third kappa shape index (κ3) is 8.58. The standard InChI is InChI=1S/C32H38BrN5O3.C3H8/c1-21-6-9-26-22(16-21)7-8-24-17-25(33)19-36-29(24)28(26)23-10-14-38(31(40)41-32(2,3)4)27(18-23)30(39)35-11-5-13-37-15-12-34-20-37;1-3-2/h6,9,12,15-17,19-20,27H,5,7-8,10-11,13-14,18H2,1-4H3,(H,35,39);3H2,1-2H3/b28-23+;. The van der Waals surface area contributed by atoms with E-state index in [0.29, 0.717) is 25.9 Å². The van der Waals surface area contributed by atoms with Crippen molar-refractivity contribution in [3.05, 3.63) is 87.2 Å². The first kappa shape index (κ1) is 33.4. The Morgan fingerprint density at radius 1 is 1.11 bits per heavy atom. The lowest BCUT2D eigenvalue weighted by Crippen LogP contribution is -2.53. The van der Waals surface area contributed by atoms with E-state index in [0.717, 1.165) is 47.1 Å². The number of aryl methyl sites for hydroxylation is 4. The Morgan fingerprint density at radius 3 is 2.57 bits per heavy atom. The van der Waals surface area contributed by atoms with Gasteiger partial charge in [-0.25, -0.2) is 9.78 Å². The van der Waals surface area contributed by atoms with Gasteiger partial charge in [-0.15, -0.1) is 0 Å². The molecule has 44 heavy (non-hydrogen) atoms. The highest BCUT2D eigenvalue weighted by atomic mass is 79.9. The van der Waals surface area contributed by atoms with E-state index in [1.165, 1.54) is 28.7 Å². The van der Waals surface area contributed by atoms with Crippen LogP contribution in [0, 0.1) is 6.92 Å². The summed E-state index contributed by atoms with van der Waals surface area (Å²) >= 11 is 3.60. The quantitative estimate of drug-likeness (QED) is 0.290. The van der Waals surface area contributed by atoms with Crippen molar-refractivity contribution in [2.24, 2.45) is 0 Å². The number of pyridine rings is 1. The number of carbonyl (C=O) groups is 2. The molecule has 1 atom stereocenters. The van der Waals surface area contributed by atoms with Crippen molar-refractivity contribution in [2.75, 3.05) is 13.1 Å². The first-order valence-electron chi connectivity index (χ1n) is 15.7. The van der Waals surface area contributed by atoms with Crippen LogP contribution in [0.3, 0.4) is 0 Å². The van der Waals surface area contributed by atoms with Gasteiger partial charge < -0.3 is 14.6 Å². The van der Waals surface area contributed by atoms with E-state index in [4.69, 9.17) is 9.72 Å². The molecule has 3 aromatic rings. The Hall–Kier alpha value is -3.46. The molecule has 1 unspecified atom stereocenters. The number of aromatic nitrogens is 3. The van der Waals surface area contributed by atoms with Crippen LogP contribution in [-0.2, 0) is 28.9 Å². The van der Waals surface area contributed by atoms with Crippen molar-refractivity contribution in [1.29, 1.82) is 0 Å². The Balaban J connectivity index is 0.00000141. The molecule has 2 amide bonds. The molecular formula is C35H46BrN5O3. The molecule has 1 aromatic carbocycles. The van der Waals surface area contributed by atoms with Crippen LogP contribution in [0.5, 0.6) is 0 Å². The van der Waals surface area contributed by atoms with Gasteiger partial charge >= 0.3 is 6.09 Å². The zero-order valence-electron chi connectivity index (χ0n) is 27.0. The highest BCUT2D eigenvalue weighted by molar-refractivity contribution is 9.10. The maximum absolute atomic E-state index is 13.7. The second-order valence-corrected chi connectivity index (χ2v) is 13.5. The molecule has 1 fully saturated rings. The van der Waals surface area contributed by atoms with Crippen LogP contribution in [-0.4, -0.2) is 56.2 Å². The fourth-order valence-electron chi connectivity index (χ4n) is 5.69. The predicted octanol–water partition coefficient (Wildman–Crippen LogP) is 7.27. The Morgan fingerprint density at radius 2 is 1.86 bits per heavy atom. The Labute approximate surface area is 270 Å². The maximum atomic E-state index is 13.7. The lowest BCUT2D eigenvalue weighted by atomic mass is 9.85. The van der Waals surface area contributed by atoms with Crippen molar-refractivity contribution in [1.82, 2.24) is 24.8 Å². The molecule has 8 nitrogen and oxygen atoms in total. The predicted molar refractivity (Wildman–Crippen MR) is 178 cm³/mol. The average molecular weight is 665 g/mol. The number of fused-ring (bicyclic) bond motifs is 2. The van der Waals surface area contributed by atoms with Crippen molar-refractivity contribution < 1.29 is 14.3 Å². The first-order chi connectivity index (χ1) is 21.0. The molecule has 1 N–H and O–H groups in total. The molecule has 0 saturated carbocycles. The minimum atomic E-state index is -0.676. The largest absolute Gasteiger partial charge is 0.444 e. The van der Waals surface area contributed by atoms with Crippen molar-refractivity contribution in [3.63, 3.8) is 0 Å². The van der Waals surface area contributed by atoms with E-state index in [1.54, 1.807) is 17.4 Å². The van der Waals surface area contributed by atoms with Gasteiger partial charge in [0.1, 0.15) is 11.6 Å². The molecule has 2 aliphatic rings. The van der Waals surface area contributed by atoms with Gasteiger partial charge in [0.2, 0.25) is 5.91 Å². The number of hydrogen-bond acceptors (Lipinski definition) is 5. The normalized spacial score (nSPS) is 17.9. The molecule has 236 valence electrons. The number of imidazole rings is 1. The summed E-state index contributed by atoms with van der Waals surface area (Å²) in [5.41, 5.74) is 7.42. The van der Waals surface area contributed by atoms with E-state index < -0.39 is 17.7 Å². The summed E-state index contributed by atoms with van der Waals surface area (Å²) in [7, 11) is 0. The van der Waals surface area contributed by atoms with Crippen LogP contribution in [0.25, 0.3) is 5.57 Å². The molecule has 0 spiro atoms. The van der Waals surface area contributed by atoms with E-state index in [1.807, 2.05) is 37.7 Å². The molecule has 0 radical (unpaired) electrons. The number of nitrogens with zero attached hydrogens (tertiary/aromatic N) is 4. The second kappa shape index (κ2) is 15.0. The van der Waals surface area contributed by atoms with Gasteiger partial charge in [-0.2, -0.15) is 0 Å². The summed E-state index contributed by atoms with van der Waals surface area (Å²) in [4.78, 5) is 37.6. The summed E-state index contributed by atoms with van der Waals surface area (Å²) in [5, 5.41) is 3.09. The molecular weight excluding hydrogens is 618 g/mol. The summed E-state index contributed by atoms with van der Waals surface area (Å²) in [5.74, 6) is -0.166. The number of benzene rings is 1. The van der Waals surface area contributed by atoms with Gasteiger partial charge in [-0.1, -0.05) is 49.6 Å². The van der Waals surface area contributed by atoms with Crippen LogP contribution >= 0.6 is 15.9 Å². The van der Waals surface area contributed by atoms with Gasteiger partial charge in [0.05, 0.1) is 12.0 Å². The van der Waals surface area contributed by atoms with Gasteiger partial charge in [0.15, 0.2) is 0 Å². The molecule has 2 aromatic heterocycles. The van der Waals surface area contributed by atoms with Crippen molar-refractivity contribution >= 4 is 33.5 Å². The molecule has 1 aliphatic carbocycles. The third-order valence-corrected chi connectivity index (χ3v) is 8.00. The second-order valence-electron chi connectivity index (χ2n) is 12.6. The highest BCUT2D eigenvalue weighted by Crippen LogP contribution is 2.40. The lowest BCUT2D eigenvalue weighted by molar-refractivity contribution is -0.127. The zero-order chi connectivity index (χ0) is 31.9. The monoisotopic (exact) mass is 663 g/mol. The number of hydrogen-bond donors (Lipinski definition) is 1. The number of piperidine rings is 1. The lowest BCUT2D eigenvalue weighted by Gasteiger charge is -2.37. The molecule has 9 heteroatoms. The van der Waals surface area contributed by atoms with Crippen LogP contribution in [0.15, 0.2) is 59.2 Å². The van der Waals surface area contributed by atoms with Crippen LogP contribution in [0.2, 0.25) is 0 Å². The number of amides is 2. The maximum Gasteiger partial charge on any atom is 0.410 e. The number of likely N-dealkylation sites (tertiary alicyclic amines) is 1. The molecule has 1 saturated heterocycles. The number of carbonyl (C=O) groups excluding carboxylic acids is 2. The third-order valence-electron chi connectivity index (χ3n) is 7.57. The van der Waals surface area contributed by atoms with Gasteiger partial charge in [-0.3, -0.25) is 14.7 Å². The summed E-state index contributed by atoms with van der Waals surface area (Å²) < 4.78 is 8.67. The Kier molecular flexibility index (Phi) is 11.4. The summed E-state index contributed by atoms with van der Waals surface area (Å²) in [6.07, 6.45) is 11.7. The summed E-state index contributed by atoms with van der Waals surface area (Å²) in [6.45, 7) is 13.6. The molecule has 5 rings (SSSR count). The number of halogens is 1. The highest BCUT2D eigenvalue weighted by Gasteiger charge is 2.38. The molecule has 1 aliphatic heterocycles. The summed E-state index contributed by atoms with van der Waals surface area (Å²) in [6, 6.07) is 8.07. The Bertz CT molecular complexity index is 1420. The average Bonchev–Trinajstić information content (AvgIpc) is 3.43. The van der Waals surface area contributed by atoms with Gasteiger partial charge in [-0.05, 0) is 98.5 Å². The van der Waals surface area contributed by atoms with E-state index >= 15 is 0 Å². The topological polar surface area (TPSA) is 89.4 Å². The zero-order valence-corrected chi connectivity index (χ0v) is 28.5. The van der Waals surface area contributed by atoms with E-state index in [9.17, 15) is 9.59 Å². The van der Waals surface area contributed by atoms with E-state index in [2.05, 4.69) is 71.3 Å². The van der Waals surface area contributed by atoms with Crippen molar-refractivity contribution in [3.8, 4) is 0 Å².